The summed E-state index contributed by atoms with van der Waals surface area (Å²) in [5, 5.41) is 0. The van der Waals surface area contributed by atoms with Gasteiger partial charge in [0.1, 0.15) is 6.04 Å². The summed E-state index contributed by atoms with van der Waals surface area (Å²) in [4.78, 5) is 37.3. The van der Waals surface area contributed by atoms with Crippen molar-refractivity contribution in [2.45, 2.75) is 39.1 Å². The Morgan fingerprint density at radius 2 is 1.77 bits per heavy atom. The standard InChI is InChI=1S/C17H22N2O7/c1-9(18)16(21)25-11(3)26-17(22)19(4)10(2)15(20)12-5-6-13-14(7-12)24-8-23-13/h5-7,9-11H,8,18H2,1-4H3. The van der Waals surface area contributed by atoms with Crippen LogP contribution in [0.2, 0.25) is 0 Å². The first-order chi connectivity index (χ1) is 12.2. The van der Waals surface area contributed by atoms with Gasteiger partial charge in [-0.2, -0.15) is 0 Å². The second-order valence-corrected chi connectivity index (χ2v) is 5.90. The van der Waals surface area contributed by atoms with E-state index in [4.69, 9.17) is 24.7 Å². The van der Waals surface area contributed by atoms with Gasteiger partial charge in [0.15, 0.2) is 17.3 Å². The van der Waals surface area contributed by atoms with Gasteiger partial charge >= 0.3 is 12.1 Å². The molecular formula is C17H22N2O7. The molecule has 0 saturated heterocycles. The molecule has 1 aromatic rings. The van der Waals surface area contributed by atoms with Gasteiger partial charge in [-0.15, -0.1) is 0 Å². The fourth-order valence-corrected chi connectivity index (χ4v) is 2.15. The van der Waals surface area contributed by atoms with Crippen LogP contribution in [0.1, 0.15) is 31.1 Å². The molecule has 142 valence electrons. The van der Waals surface area contributed by atoms with Crippen LogP contribution in [-0.4, -0.2) is 55.0 Å². The number of ether oxygens (including phenoxy) is 4. The van der Waals surface area contributed by atoms with Crippen molar-refractivity contribution >= 4 is 17.8 Å². The third kappa shape index (κ3) is 4.42. The minimum Gasteiger partial charge on any atom is -0.454 e. The van der Waals surface area contributed by atoms with Crippen LogP contribution in [0.25, 0.3) is 0 Å². The van der Waals surface area contributed by atoms with E-state index in [1.54, 1.807) is 25.1 Å². The van der Waals surface area contributed by atoms with Crippen LogP contribution in [0.4, 0.5) is 4.79 Å². The number of hydrogen-bond acceptors (Lipinski definition) is 8. The third-order valence-electron chi connectivity index (χ3n) is 3.83. The number of nitrogens with zero attached hydrogens (tertiary/aromatic N) is 1. The highest BCUT2D eigenvalue weighted by molar-refractivity contribution is 6.01. The van der Waals surface area contributed by atoms with Gasteiger partial charge in [-0.25, -0.2) is 4.79 Å². The van der Waals surface area contributed by atoms with Gasteiger partial charge in [-0.3, -0.25) is 9.59 Å². The van der Waals surface area contributed by atoms with Crippen LogP contribution in [0, 0.1) is 0 Å². The van der Waals surface area contributed by atoms with E-state index in [0.717, 1.165) is 4.90 Å². The summed E-state index contributed by atoms with van der Waals surface area (Å²) in [6.07, 6.45) is -1.94. The van der Waals surface area contributed by atoms with Crippen LogP contribution in [0.3, 0.4) is 0 Å². The first-order valence-electron chi connectivity index (χ1n) is 8.04. The highest BCUT2D eigenvalue weighted by Crippen LogP contribution is 2.33. The van der Waals surface area contributed by atoms with Crippen LogP contribution >= 0.6 is 0 Å². The number of carbonyl (C=O) groups excluding carboxylic acids is 3. The third-order valence-corrected chi connectivity index (χ3v) is 3.83. The number of Topliss-reactive ketones (excluding diaryl/α,β-unsaturated/α-hetero) is 1. The smallest absolute Gasteiger partial charge is 0.413 e. The fraction of sp³-hybridized carbons (Fsp3) is 0.471. The Labute approximate surface area is 150 Å². The van der Waals surface area contributed by atoms with Crippen molar-refractivity contribution in [3.05, 3.63) is 23.8 Å². The Balaban J connectivity index is 1.97. The zero-order valence-corrected chi connectivity index (χ0v) is 15.1. The summed E-state index contributed by atoms with van der Waals surface area (Å²) < 4.78 is 20.3. The molecule has 0 radical (unpaired) electrons. The summed E-state index contributed by atoms with van der Waals surface area (Å²) >= 11 is 0. The summed E-state index contributed by atoms with van der Waals surface area (Å²) in [6, 6.07) is 3.15. The number of hydrogen-bond donors (Lipinski definition) is 1. The fourth-order valence-electron chi connectivity index (χ4n) is 2.15. The molecule has 1 aromatic carbocycles. The van der Waals surface area contributed by atoms with Gasteiger partial charge in [0.2, 0.25) is 13.1 Å². The molecule has 0 fully saturated rings. The Morgan fingerprint density at radius 1 is 1.12 bits per heavy atom. The molecule has 2 rings (SSSR count). The van der Waals surface area contributed by atoms with Gasteiger partial charge in [0.25, 0.3) is 0 Å². The van der Waals surface area contributed by atoms with Crippen LogP contribution in [0.5, 0.6) is 11.5 Å². The lowest BCUT2D eigenvalue weighted by Crippen LogP contribution is -2.42. The van der Waals surface area contributed by atoms with E-state index in [2.05, 4.69) is 0 Å². The largest absolute Gasteiger partial charge is 0.454 e. The summed E-state index contributed by atoms with van der Waals surface area (Å²) in [5.41, 5.74) is 5.75. The van der Waals surface area contributed by atoms with E-state index < -0.39 is 30.4 Å². The second-order valence-electron chi connectivity index (χ2n) is 5.90. The van der Waals surface area contributed by atoms with E-state index in [9.17, 15) is 14.4 Å². The minimum atomic E-state index is -1.13. The van der Waals surface area contributed by atoms with Gasteiger partial charge in [0, 0.05) is 19.5 Å². The topological polar surface area (TPSA) is 117 Å². The van der Waals surface area contributed by atoms with Crippen molar-refractivity contribution in [2.24, 2.45) is 5.73 Å². The van der Waals surface area contributed by atoms with Gasteiger partial charge < -0.3 is 29.6 Å². The van der Waals surface area contributed by atoms with E-state index in [1.807, 2.05) is 0 Å². The number of fused-ring (bicyclic) bond motifs is 1. The highest BCUT2D eigenvalue weighted by atomic mass is 16.7. The molecule has 0 aromatic heterocycles. The summed E-state index contributed by atoms with van der Waals surface area (Å²) in [6.45, 7) is 4.51. The molecule has 0 saturated carbocycles. The average molecular weight is 366 g/mol. The molecular weight excluding hydrogens is 344 g/mol. The molecule has 2 N–H and O–H groups in total. The lowest BCUT2D eigenvalue weighted by molar-refractivity contribution is -0.167. The molecule has 3 unspecified atom stereocenters. The van der Waals surface area contributed by atoms with Crippen molar-refractivity contribution in [1.82, 2.24) is 4.90 Å². The van der Waals surface area contributed by atoms with Crippen LogP contribution < -0.4 is 15.2 Å². The zero-order valence-electron chi connectivity index (χ0n) is 15.1. The van der Waals surface area contributed by atoms with E-state index in [-0.39, 0.29) is 12.6 Å². The first kappa shape index (κ1) is 19.5. The van der Waals surface area contributed by atoms with Crippen molar-refractivity contribution in [3.8, 4) is 11.5 Å². The maximum absolute atomic E-state index is 12.6. The maximum atomic E-state index is 12.6. The Kier molecular flexibility index (Phi) is 6.04. The predicted molar refractivity (Wildman–Crippen MR) is 89.8 cm³/mol. The molecule has 1 aliphatic heterocycles. The van der Waals surface area contributed by atoms with Gasteiger partial charge in [0.05, 0.1) is 6.04 Å². The summed E-state index contributed by atoms with van der Waals surface area (Å²) in [7, 11) is 1.41. The lowest BCUT2D eigenvalue weighted by Gasteiger charge is -2.25. The number of benzene rings is 1. The van der Waals surface area contributed by atoms with Crippen LogP contribution in [-0.2, 0) is 14.3 Å². The molecule has 1 heterocycles. The Morgan fingerprint density at radius 3 is 2.42 bits per heavy atom. The molecule has 3 atom stereocenters. The molecule has 0 spiro atoms. The number of carbonyl (C=O) groups is 3. The molecule has 9 heteroatoms. The zero-order chi connectivity index (χ0) is 19.4. The number of rotatable bonds is 6. The second kappa shape index (κ2) is 8.05. The quantitative estimate of drug-likeness (QED) is 0.455. The molecule has 1 amide bonds. The number of esters is 1. The van der Waals surface area contributed by atoms with Crippen LogP contribution in [0.15, 0.2) is 18.2 Å². The van der Waals surface area contributed by atoms with E-state index in [1.165, 1.54) is 20.9 Å². The molecule has 26 heavy (non-hydrogen) atoms. The molecule has 0 aliphatic carbocycles. The normalized spacial score (nSPS) is 15.6. The van der Waals surface area contributed by atoms with Gasteiger partial charge in [-0.05, 0) is 32.0 Å². The maximum Gasteiger partial charge on any atom is 0.413 e. The van der Waals surface area contributed by atoms with Crippen molar-refractivity contribution in [3.63, 3.8) is 0 Å². The van der Waals surface area contributed by atoms with E-state index >= 15 is 0 Å². The molecule has 0 bridgehead atoms. The predicted octanol–water partition coefficient (Wildman–Crippen LogP) is 1.29. The number of likely N-dealkylation sites (N-methyl/N-ethyl adjacent to an activating group) is 1. The Bertz CT molecular complexity index is 704. The molecule has 1 aliphatic rings. The number of amides is 1. The average Bonchev–Trinajstić information content (AvgIpc) is 3.06. The van der Waals surface area contributed by atoms with Crippen molar-refractivity contribution in [1.29, 1.82) is 0 Å². The van der Waals surface area contributed by atoms with Crippen molar-refractivity contribution in [2.75, 3.05) is 13.8 Å². The minimum absolute atomic E-state index is 0.104. The first-order valence-corrected chi connectivity index (χ1v) is 8.04. The van der Waals surface area contributed by atoms with Gasteiger partial charge in [-0.1, -0.05) is 0 Å². The monoisotopic (exact) mass is 366 g/mol. The number of ketones is 1. The summed E-state index contributed by atoms with van der Waals surface area (Å²) in [5.74, 6) is 0.0388. The highest BCUT2D eigenvalue weighted by Gasteiger charge is 2.28. The van der Waals surface area contributed by atoms with Crippen molar-refractivity contribution < 1.29 is 33.3 Å². The number of nitrogens with two attached hydrogens (primary N) is 1. The molecule has 9 nitrogen and oxygen atoms in total. The Hall–Kier alpha value is -2.81. The SMILES string of the molecule is CC(OC(=O)C(C)N)OC(=O)N(C)C(C)C(=O)c1ccc2c(c1)OCO2. The lowest BCUT2D eigenvalue weighted by atomic mass is 10.0. The van der Waals surface area contributed by atoms with E-state index in [0.29, 0.717) is 17.1 Å².